The summed E-state index contributed by atoms with van der Waals surface area (Å²) in [6.07, 6.45) is 1.89. The highest BCUT2D eigenvalue weighted by molar-refractivity contribution is 4.62. The number of ether oxygens (including phenoxy) is 1. The van der Waals surface area contributed by atoms with Gasteiger partial charge in [0.2, 0.25) is 0 Å². The monoisotopic (exact) mass is 161 g/mol. The van der Waals surface area contributed by atoms with Gasteiger partial charge in [-0.3, -0.25) is 0 Å². The fourth-order valence-corrected chi connectivity index (χ4v) is 0.908. The quantitative estimate of drug-likeness (QED) is 0.530. The maximum Gasteiger partial charge on any atom is 0.0615 e. The standard InChI is InChI=1S/C8H19NO2/c1-3-8(7-11-2)9-5-4-6-10/h8-10H,3-7H2,1-2H3. The molecule has 0 aromatic rings. The van der Waals surface area contributed by atoms with Gasteiger partial charge in [0, 0.05) is 19.8 Å². The number of hydrogen-bond donors (Lipinski definition) is 2. The smallest absolute Gasteiger partial charge is 0.0615 e. The lowest BCUT2D eigenvalue weighted by atomic mass is 10.2. The van der Waals surface area contributed by atoms with Crippen LogP contribution >= 0.6 is 0 Å². The minimum absolute atomic E-state index is 0.260. The first-order valence-electron chi connectivity index (χ1n) is 4.18. The first kappa shape index (κ1) is 10.9. The number of aliphatic hydroxyl groups is 1. The van der Waals surface area contributed by atoms with E-state index in [1.54, 1.807) is 7.11 Å². The first-order valence-corrected chi connectivity index (χ1v) is 4.18. The summed E-state index contributed by atoms with van der Waals surface area (Å²) in [5, 5.41) is 11.8. The van der Waals surface area contributed by atoms with Crippen LogP contribution in [0.3, 0.4) is 0 Å². The van der Waals surface area contributed by atoms with Gasteiger partial charge in [-0.2, -0.15) is 0 Å². The van der Waals surface area contributed by atoms with Crippen molar-refractivity contribution >= 4 is 0 Å². The molecule has 0 heterocycles. The molecule has 0 rings (SSSR count). The van der Waals surface area contributed by atoms with Crippen molar-refractivity contribution in [1.29, 1.82) is 0 Å². The van der Waals surface area contributed by atoms with Gasteiger partial charge >= 0.3 is 0 Å². The Labute approximate surface area is 68.8 Å². The Morgan fingerprint density at radius 3 is 2.73 bits per heavy atom. The molecule has 68 valence electrons. The molecule has 2 N–H and O–H groups in total. The summed E-state index contributed by atoms with van der Waals surface area (Å²) in [4.78, 5) is 0. The molecular formula is C8H19NO2. The molecule has 11 heavy (non-hydrogen) atoms. The van der Waals surface area contributed by atoms with Crippen LogP contribution in [0.1, 0.15) is 19.8 Å². The van der Waals surface area contributed by atoms with Crippen molar-refractivity contribution in [1.82, 2.24) is 5.32 Å². The topological polar surface area (TPSA) is 41.5 Å². The molecule has 3 heteroatoms. The van der Waals surface area contributed by atoms with Crippen molar-refractivity contribution in [2.24, 2.45) is 0 Å². The van der Waals surface area contributed by atoms with E-state index in [9.17, 15) is 0 Å². The van der Waals surface area contributed by atoms with Crippen molar-refractivity contribution in [2.75, 3.05) is 26.9 Å². The van der Waals surface area contributed by atoms with Crippen molar-refractivity contribution in [2.45, 2.75) is 25.8 Å². The minimum atomic E-state index is 0.260. The molecular weight excluding hydrogens is 142 g/mol. The van der Waals surface area contributed by atoms with Crippen LogP contribution in [-0.2, 0) is 4.74 Å². The summed E-state index contributed by atoms with van der Waals surface area (Å²) in [5.74, 6) is 0. The molecule has 0 aliphatic carbocycles. The van der Waals surface area contributed by atoms with Gasteiger partial charge < -0.3 is 15.2 Å². The van der Waals surface area contributed by atoms with Crippen LogP contribution < -0.4 is 5.32 Å². The number of hydrogen-bond acceptors (Lipinski definition) is 3. The number of nitrogens with one attached hydrogen (secondary N) is 1. The molecule has 0 amide bonds. The summed E-state index contributed by atoms with van der Waals surface area (Å²) in [6.45, 7) is 4.01. The second kappa shape index (κ2) is 7.98. The van der Waals surface area contributed by atoms with E-state index in [1.165, 1.54) is 0 Å². The van der Waals surface area contributed by atoms with Gasteiger partial charge in [0.1, 0.15) is 0 Å². The Hall–Kier alpha value is -0.120. The van der Waals surface area contributed by atoms with Crippen LogP contribution in [-0.4, -0.2) is 38.0 Å². The highest BCUT2D eigenvalue weighted by Crippen LogP contribution is 1.90. The Morgan fingerprint density at radius 1 is 1.55 bits per heavy atom. The highest BCUT2D eigenvalue weighted by atomic mass is 16.5. The van der Waals surface area contributed by atoms with Gasteiger partial charge in [0.25, 0.3) is 0 Å². The highest BCUT2D eigenvalue weighted by Gasteiger charge is 2.02. The molecule has 0 saturated heterocycles. The fraction of sp³-hybridized carbons (Fsp3) is 1.00. The van der Waals surface area contributed by atoms with E-state index < -0.39 is 0 Å². The Balaban J connectivity index is 3.20. The zero-order chi connectivity index (χ0) is 8.53. The molecule has 0 radical (unpaired) electrons. The Kier molecular flexibility index (Phi) is 7.89. The average Bonchev–Trinajstić information content (AvgIpc) is 2.03. The average molecular weight is 161 g/mol. The van der Waals surface area contributed by atoms with Gasteiger partial charge in [-0.05, 0) is 19.4 Å². The lowest BCUT2D eigenvalue weighted by Crippen LogP contribution is -2.33. The van der Waals surface area contributed by atoms with Gasteiger partial charge in [-0.15, -0.1) is 0 Å². The zero-order valence-electron chi connectivity index (χ0n) is 7.47. The van der Waals surface area contributed by atoms with E-state index in [-0.39, 0.29) is 6.61 Å². The van der Waals surface area contributed by atoms with E-state index in [2.05, 4.69) is 12.2 Å². The molecule has 3 nitrogen and oxygen atoms in total. The van der Waals surface area contributed by atoms with Crippen LogP contribution in [0.5, 0.6) is 0 Å². The molecule has 0 aliphatic rings. The van der Waals surface area contributed by atoms with Crippen LogP contribution in [0.2, 0.25) is 0 Å². The second-order valence-electron chi connectivity index (χ2n) is 2.59. The van der Waals surface area contributed by atoms with Gasteiger partial charge in [-0.25, -0.2) is 0 Å². The SMILES string of the molecule is CCC(COC)NCCCO. The van der Waals surface area contributed by atoms with Gasteiger partial charge in [-0.1, -0.05) is 6.92 Å². The van der Waals surface area contributed by atoms with E-state index in [0.717, 1.165) is 26.0 Å². The summed E-state index contributed by atoms with van der Waals surface area (Å²) >= 11 is 0. The lowest BCUT2D eigenvalue weighted by molar-refractivity contribution is 0.163. The lowest BCUT2D eigenvalue weighted by Gasteiger charge is -2.14. The van der Waals surface area contributed by atoms with Crippen molar-refractivity contribution in [3.8, 4) is 0 Å². The summed E-state index contributed by atoms with van der Waals surface area (Å²) in [5.41, 5.74) is 0. The second-order valence-corrected chi connectivity index (χ2v) is 2.59. The summed E-state index contributed by atoms with van der Waals surface area (Å²) < 4.78 is 5.00. The first-order chi connectivity index (χ1) is 5.35. The van der Waals surface area contributed by atoms with Crippen LogP contribution in [0, 0.1) is 0 Å². The molecule has 0 saturated carbocycles. The van der Waals surface area contributed by atoms with E-state index in [4.69, 9.17) is 9.84 Å². The fourth-order valence-electron chi connectivity index (χ4n) is 0.908. The van der Waals surface area contributed by atoms with E-state index >= 15 is 0 Å². The molecule has 0 fully saturated rings. The van der Waals surface area contributed by atoms with Crippen LogP contribution in [0.4, 0.5) is 0 Å². The maximum absolute atomic E-state index is 8.51. The number of aliphatic hydroxyl groups excluding tert-OH is 1. The molecule has 0 aromatic heterocycles. The van der Waals surface area contributed by atoms with Gasteiger partial charge in [0.05, 0.1) is 6.61 Å². The molecule has 0 aromatic carbocycles. The number of methoxy groups -OCH3 is 1. The predicted molar refractivity (Wildman–Crippen MR) is 45.7 cm³/mol. The Morgan fingerprint density at radius 2 is 2.27 bits per heavy atom. The third-order valence-electron chi connectivity index (χ3n) is 1.63. The summed E-state index contributed by atoms with van der Waals surface area (Å²) in [6, 6.07) is 0.437. The van der Waals surface area contributed by atoms with Gasteiger partial charge in [0.15, 0.2) is 0 Å². The van der Waals surface area contributed by atoms with E-state index in [1.807, 2.05) is 0 Å². The maximum atomic E-state index is 8.51. The van der Waals surface area contributed by atoms with E-state index in [0.29, 0.717) is 6.04 Å². The van der Waals surface area contributed by atoms with Crippen LogP contribution in [0.25, 0.3) is 0 Å². The van der Waals surface area contributed by atoms with Crippen molar-refractivity contribution in [3.63, 3.8) is 0 Å². The minimum Gasteiger partial charge on any atom is -0.396 e. The molecule has 1 unspecified atom stereocenters. The summed E-state index contributed by atoms with van der Waals surface area (Å²) in [7, 11) is 1.70. The normalized spacial score (nSPS) is 13.4. The molecule has 0 spiro atoms. The number of rotatable bonds is 7. The largest absolute Gasteiger partial charge is 0.396 e. The molecule has 1 atom stereocenters. The van der Waals surface area contributed by atoms with Crippen molar-refractivity contribution in [3.05, 3.63) is 0 Å². The third-order valence-corrected chi connectivity index (χ3v) is 1.63. The van der Waals surface area contributed by atoms with Crippen LogP contribution in [0.15, 0.2) is 0 Å². The predicted octanol–water partition coefficient (Wildman–Crippen LogP) is 0.383. The zero-order valence-corrected chi connectivity index (χ0v) is 7.47. The molecule has 0 aliphatic heterocycles. The Bertz CT molecular complexity index is 78.5. The third kappa shape index (κ3) is 6.28. The van der Waals surface area contributed by atoms with Crippen molar-refractivity contribution < 1.29 is 9.84 Å². The molecule has 0 bridgehead atoms.